The molecule has 2 rings (SSSR count). The molecule has 1 aromatic rings. The van der Waals surface area contributed by atoms with Crippen LogP contribution in [0.1, 0.15) is 30.4 Å². The van der Waals surface area contributed by atoms with E-state index in [1.165, 1.54) is 6.07 Å². The molecule has 0 spiro atoms. The summed E-state index contributed by atoms with van der Waals surface area (Å²) >= 11 is 0. The Bertz CT molecular complexity index is 368. The minimum Gasteiger partial charge on any atom is -0.317 e. The van der Waals surface area contributed by atoms with Crippen molar-refractivity contribution < 1.29 is 8.78 Å². The maximum Gasteiger partial charge on any atom is 0.140 e. The van der Waals surface area contributed by atoms with Gasteiger partial charge < -0.3 is 5.32 Å². The van der Waals surface area contributed by atoms with E-state index in [4.69, 9.17) is 0 Å². The largest absolute Gasteiger partial charge is 0.317 e. The molecule has 1 aromatic carbocycles. The highest BCUT2D eigenvalue weighted by Gasteiger charge is 2.34. The molecule has 3 heteroatoms. The topological polar surface area (TPSA) is 12.0 Å². The van der Waals surface area contributed by atoms with Crippen molar-refractivity contribution in [3.05, 3.63) is 35.1 Å². The number of alkyl halides is 1. The first-order valence-electron chi connectivity index (χ1n) is 5.78. The van der Waals surface area contributed by atoms with Crippen molar-refractivity contribution in [3.8, 4) is 0 Å². The summed E-state index contributed by atoms with van der Waals surface area (Å²) in [7, 11) is 0. The summed E-state index contributed by atoms with van der Waals surface area (Å²) in [6.07, 6.45) is 1.51. The summed E-state index contributed by atoms with van der Waals surface area (Å²) in [5, 5.41) is 3.14. The van der Waals surface area contributed by atoms with Crippen LogP contribution in [0.5, 0.6) is 0 Å². The SMILES string of the molecule is Cc1ccc(F)c(C2(F)CCCNCC2)c1. The van der Waals surface area contributed by atoms with Crippen LogP contribution in [0.2, 0.25) is 0 Å². The summed E-state index contributed by atoms with van der Waals surface area (Å²) in [5.41, 5.74) is -0.360. The Morgan fingerprint density at radius 2 is 2.06 bits per heavy atom. The molecule has 0 bridgehead atoms. The van der Waals surface area contributed by atoms with Gasteiger partial charge in [0.2, 0.25) is 0 Å². The van der Waals surface area contributed by atoms with Crippen LogP contribution in [-0.4, -0.2) is 13.1 Å². The maximum atomic E-state index is 14.7. The quantitative estimate of drug-likeness (QED) is 0.774. The minimum atomic E-state index is -1.50. The third-order valence-electron chi connectivity index (χ3n) is 3.23. The second kappa shape index (κ2) is 4.50. The van der Waals surface area contributed by atoms with Crippen molar-refractivity contribution in [1.29, 1.82) is 0 Å². The number of rotatable bonds is 1. The van der Waals surface area contributed by atoms with Crippen LogP contribution in [0, 0.1) is 12.7 Å². The first-order valence-corrected chi connectivity index (χ1v) is 5.78. The van der Waals surface area contributed by atoms with Gasteiger partial charge in [-0.1, -0.05) is 11.6 Å². The van der Waals surface area contributed by atoms with E-state index >= 15 is 0 Å². The molecule has 1 heterocycles. The zero-order chi connectivity index (χ0) is 11.6. The van der Waals surface area contributed by atoms with Gasteiger partial charge in [0.1, 0.15) is 11.5 Å². The van der Waals surface area contributed by atoms with Gasteiger partial charge in [-0.25, -0.2) is 8.78 Å². The van der Waals surface area contributed by atoms with E-state index in [1.807, 2.05) is 6.92 Å². The molecule has 0 aliphatic carbocycles. The van der Waals surface area contributed by atoms with Gasteiger partial charge in [-0.05, 0) is 51.4 Å². The average Bonchev–Trinajstić information content (AvgIpc) is 2.48. The van der Waals surface area contributed by atoms with Crippen LogP contribution < -0.4 is 5.32 Å². The fourth-order valence-electron chi connectivity index (χ4n) is 2.28. The molecule has 1 fully saturated rings. The Labute approximate surface area is 94.9 Å². The van der Waals surface area contributed by atoms with Gasteiger partial charge in [-0.3, -0.25) is 0 Å². The van der Waals surface area contributed by atoms with Gasteiger partial charge in [0.25, 0.3) is 0 Å². The van der Waals surface area contributed by atoms with Crippen molar-refractivity contribution in [1.82, 2.24) is 5.32 Å². The molecule has 88 valence electrons. The Hall–Kier alpha value is -0.960. The summed E-state index contributed by atoms with van der Waals surface area (Å²) < 4.78 is 28.4. The van der Waals surface area contributed by atoms with Gasteiger partial charge in [0, 0.05) is 5.56 Å². The van der Waals surface area contributed by atoms with Crippen molar-refractivity contribution in [2.75, 3.05) is 13.1 Å². The van der Waals surface area contributed by atoms with E-state index in [-0.39, 0.29) is 5.56 Å². The molecule has 1 aliphatic rings. The van der Waals surface area contributed by atoms with Gasteiger partial charge in [-0.15, -0.1) is 0 Å². The fourth-order valence-corrected chi connectivity index (χ4v) is 2.28. The normalized spacial score (nSPS) is 26.4. The predicted molar refractivity (Wildman–Crippen MR) is 60.6 cm³/mol. The number of benzene rings is 1. The van der Waals surface area contributed by atoms with Gasteiger partial charge >= 0.3 is 0 Å². The molecule has 0 saturated carbocycles. The lowest BCUT2D eigenvalue weighted by Gasteiger charge is -2.24. The molecule has 1 nitrogen and oxygen atoms in total. The Balaban J connectivity index is 2.36. The maximum absolute atomic E-state index is 14.7. The highest BCUT2D eigenvalue weighted by atomic mass is 19.1. The Morgan fingerprint density at radius 3 is 2.88 bits per heavy atom. The smallest absolute Gasteiger partial charge is 0.140 e. The highest BCUT2D eigenvalue weighted by Crippen LogP contribution is 2.37. The Kier molecular flexibility index (Phi) is 3.24. The molecule has 1 atom stereocenters. The summed E-state index contributed by atoms with van der Waals surface area (Å²) in [6.45, 7) is 3.30. The number of hydrogen-bond donors (Lipinski definition) is 1. The van der Waals surface area contributed by atoms with E-state index in [0.717, 1.165) is 18.5 Å². The predicted octanol–water partition coefficient (Wildman–Crippen LogP) is 3.07. The molecule has 16 heavy (non-hydrogen) atoms. The number of hydrogen-bond acceptors (Lipinski definition) is 1. The fraction of sp³-hybridized carbons (Fsp3) is 0.538. The number of aryl methyl sites for hydroxylation is 1. The van der Waals surface area contributed by atoms with Crippen LogP contribution in [0.15, 0.2) is 18.2 Å². The standard InChI is InChI=1S/C13H17F2N/c1-10-3-4-12(14)11(9-10)13(15)5-2-7-16-8-6-13/h3-4,9,16H,2,5-8H2,1H3. The lowest BCUT2D eigenvalue weighted by Crippen LogP contribution is -2.23. The number of nitrogens with one attached hydrogen (secondary N) is 1. The molecular weight excluding hydrogens is 208 g/mol. The molecule has 1 N–H and O–H groups in total. The van der Waals surface area contributed by atoms with Crippen LogP contribution in [0.25, 0.3) is 0 Å². The van der Waals surface area contributed by atoms with E-state index in [0.29, 0.717) is 19.4 Å². The first-order chi connectivity index (χ1) is 7.62. The van der Waals surface area contributed by atoms with E-state index in [2.05, 4.69) is 5.32 Å². The monoisotopic (exact) mass is 225 g/mol. The van der Waals surface area contributed by atoms with Crippen LogP contribution in [0.3, 0.4) is 0 Å². The van der Waals surface area contributed by atoms with E-state index < -0.39 is 11.5 Å². The Morgan fingerprint density at radius 1 is 1.25 bits per heavy atom. The molecule has 1 saturated heterocycles. The van der Waals surface area contributed by atoms with Crippen LogP contribution in [0.4, 0.5) is 8.78 Å². The summed E-state index contributed by atoms with van der Waals surface area (Å²) in [5.74, 6) is -0.421. The van der Waals surface area contributed by atoms with E-state index in [9.17, 15) is 8.78 Å². The van der Waals surface area contributed by atoms with Crippen LogP contribution >= 0.6 is 0 Å². The number of halogens is 2. The second-order valence-electron chi connectivity index (χ2n) is 4.55. The van der Waals surface area contributed by atoms with Gasteiger partial charge in [0.15, 0.2) is 0 Å². The van der Waals surface area contributed by atoms with Crippen molar-refractivity contribution in [3.63, 3.8) is 0 Å². The highest BCUT2D eigenvalue weighted by molar-refractivity contribution is 5.29. The molecule has 0 amide bonds. The zero-order valence-corrected chi connectivity index (χ0v) is 9.52. The van der Waals surface area contributed by atoms with Gasteiger partial charge in [-0.2, -0.15) is 0 Å². The van der Waals surface area contributed by atoms with Gasteiger partial charge in [0.05, 0.1) is 0 Å². The third-order valence-corrected chi connectivity index (χ3v) is 3.23. The van der Waals surface area contributed by atoms with Crippen LogP contribution in [-0.2, 0) is 5.67 Å². The van der Waals surface area contributed by atoms with E-state index in [1.54, 1.807) is 12.1 Å². The van der Waals surface area contributed by atoms with Crippen molar-refractivity contribution in [2.45, 2.75) is 31.9 Å². The lowest BCUT2D eigenvalue weighted by molar-refractivity contribution is 0.139. The minimum absolute atomic E-state index is 0.233. The summed E-state index contributed by atoms with van der Waals surface area (Å²) in [6, 6.07) is 4.68. The molecule has 1 unspecified atom stereocenters. The molecule has 0 aromatic heterocycles. The molecule has 0 radical (unpaired) electrons. The summed E-state index contributed by atoms with van der Waals surface area (Å²) in [4.78, 5) is 0. The van der Waals surface area contributed by atoms with Crippen molar-refractivity contribution >= 4 is 0 Å². The third kappa shape index (κ3) is 2.24. The second-order valence-corrected chi connectivity index (χ2v) is 4.55. The first kappa shape index (κ1) is 11.5. The molecular formula is C13H17F2N. The van der Waals surface area contributed by atoms with Crippen molar-refractivity contribution in [2.24, 2.45) is 0 Å². The average molecular weight is 225 g/mol. The lowest BCUT2D eigenvalue weighted by atomic mass is 9.87. The molecule has 1 aliphatic heterocycles. The zero-order valence-electron chi connectivity index (χ0n) is 9.52.